The summed E-state index contributed by atoms with van der Waals surface area (Å²) in [5.74, 6) is 0.180. The van der Waals surface area contributed by atoms with Crippen molar-refractivity contribution < 1.29 is 9.53 Å². The molecule has 2 fully saturated rings. The number of rotatable bonds is 5. The molecule has 0 radical (unpaired) electrons. The fraction of sp³-hybridized carbons (Fsp3) is 0.923. The highest BCUT2D eigenvalue weighted by atomic mass is 16.5. The summed E-state index contributed by atoms with van der Waals surface area (Å²) in [6.45, 7) is 8.06. The van der Waals surface area contributed by atoms with Crippen molar-refractivity contribution in [2.45, 2.75) is 38.3 Å². The second-order valence-electron chi connectivity index (χ2n) is 5.37. The first-order valence-electron chi connectivity index (χ1n) is 7.07. The number of amides is 1. The normalized spacial score (nSPS) is 30.2. The lowest BCUT2D eigenvalue weighted by molar-refractivity contribution is -0.123. The Bertz CT molecular complexity index is 267. The standard InChI is InChI=1S/C13H25N3O2/c1-11-9-12(10-13(17)15-11)14-3-2-4-16-5-7-18-8-6-16/h11-12,14H,2-10H2,1H3,(H,15,17). The second kappa shape index (κ2) is 7.07. The number of ether oxygens (including phenoxy) is 1. The molecule has 1 amide bonds. The molecule has 0 saturated carbocycles. The van der Waals surface area contributed by atoms with E-state index in [1.54, 1.807) is 0 Å². The van der Waals surface area contributed by atoms with Crippen molar-refractivity contribution >= 4 is 5.91 Å². The molecule has 0 aliphatic carbocycles. The largest absolute Gasteiger partial charge is 0.379 e. The van der Waals surface area contributed by atoms with Gasteiger partial charge in [0, 0.05) is 31.6 Å². The Hall–Kier alpha value is -0.650. The number of hydrogen-bond acceptors (Lipinski definition) is 4. The highest BCUT2D eigenvalue weighted by Crippen LogP contribution is 2.09. The molecule has 2 aliphatic rings. The minimum absolute atomic E-state index is 0.180. The van der Waals surface area contributed by atoms with Gasteiger partial charge < -0.3 is 15.4 Å². The summed E-state index contributed by atoms with van der Waals surface area (Å²) in [4.78, 5) is 13.8. The Morgan fingerprint density at radius 1 is 1.44 bits per heavy atom. The molecule has 0 aromatic carbocycles. The molecule has 2 heterocycles. The minimum Gasteiger partial charge on any atom is -0.379 e. The van der Waals surface area contributed by atoms with Crippen molar-refractivity contribution in [3.8, 4) is 0 Å². The van der Waals surface area contributed by atoms with Crippen LogP contribution in [-0.2, 0) is 9.53 Å². The summed E-state index contributed by atoms with van der Waals surface area (Å²) in [7, 11) is 0. The third-order valence-corrected chi connectivity index (χ3v) is 3.67. The van der Waals surface area contributed by atoms with Crippen LogP contribution in [0.3, 0.4) is 0 Å². The number of carbonyl (C=O) groups excluding carboxylic acids is 1. The molecule has 5 heteroatoms. The first-order valence-corrected chi connectivity index (χ1v) is 7.07. The highest BCUT2D eigenvalue weighted by molar-refractivity contribution is 5.77. The van der Waals surface area contributed by atoms with Crippen LogP contribution >= 0.6 is 0 Å². The Kier molecular flexibility index (Phi) is 5.41. The number of hydrogen-bond donors (Lipinski definition) is 2. The molecule has 5 nitrogen and oxygen atoms in total. The quantitative estimate of drug-likeness (QED) is 0.677. The average Bonchev–Trinajstić information content (AvgIpc) is 2.35. The lowest BCUT2D eigenvalue weighted by Gasteiger charge is -2.29. The molecule has 2 unspecified atom stereocenters. The van der Waals surface area contributed by atoms with Gasteiger partial charge in [-0.05, 0) is 32.9 Å². The fourth-order valence-electron chi connectivity index (χ4n) is 2.72. The minimum atomic E-state index is 0.180. The van der Waals surface area contributed by atoms with Gasteiger partial charge in [-0.1, -0.05) is 0 Å². The first-order chi connectivity index (χ1) is 8.74. The van der Waals surface area contributed by atoms with Crippen LogP contribution in [0.15, 0.2) is 0 Å². The van der Waals surface area contributed by atoms with Crippen LogP contribution in [0.4, 0.5) is 0 Å². The van der Waals surface area contributed by atoms with Gasteiger partial charge >= 0.3 is 0 Å². The Balaban J connectivity index is 1.55. The van der Waals surface area contributed by atoms with E-state index in [2.05, 4.69) is 22.5 Å². The van der Waals surface area contributed by atoms with Crippen LogP contribution in [-0.4, -0.2) is 62.3 Å². The zero-order chi connectivity index (χ0) is 12.8. The summed E-state index contributed by atoms with van der Waals surface area (Å²) in [6, 6.07) is 0.668. The van der Waals surface area contributed by atoms with Gasteiger partial charge in [-0.2, -0.15) is 0 Å². The zero-order valence-electron chi connectivity index (χ0n) is 11.3. The lowest BCUT2D eigenvalue weighted by Crippen LogP contribution is -2.48. The molecule has 2 atom stereocenters. The first kappa shape index (κ1) is 13.8. The molecule has 18 heavy (non-hydrogen) atoms. The van der Waals surface area contributed by atoms with Crippen LogP contribution in [0.5, 0.6) is 0 Å². The fourth-order valence-corrected chi connectivity index (χ4v) is 2.72. The third-order valence-electron chi connectivity index (χ3n) is 3.67. The van der Waals surface area contributed by atoms with Crippen molar-refractivity contribution in [2.75, 3.05) is 39.4 Å². The predicted molar refractivity (Wildman–Crippen MR) is 70.5 cm³/mol. The van der Waals surface area contributed by atoms with Crippen LogP contribution < -0.4 is 10.6 Å². The van der Waals surface area contributed by atoms with E-state index in [0.717, 1.165) is 52.2 Å². The molecule has 2 rings (SSSR count). The van der Waals surface area contributed by atoms with Crippen molar-refractivity contribution in [3.63, 3.8) is 0 Å². The average molecular weight is 255 g/mol. The van der Waals surface area contributed by atoms with E-state index in [1.165, 1.54) is 0 Å². The van der Waals surface area contributed by atoms with Crippen LogP contribution in [0.1, 0.15) is 26.2 Å². The van der Waals surface area contributed by atoms with Gasteiger partial charge in [0.2, 0.25) is 5.91 Å². The molecule has 0 aromatic heterocycles. The summed E-state index contributed by atoms with van der Waals surface area (Å²) < 4.78 is 5.32. The number of morpholine rings is 1. The van der Waals surface area contributed by atoms with E-state index in [1.807, 2.05) is 0 Å². The van der Waals surface area contributed by atoms with E-state index < -0.39 is 0 Å². The van der Waals surface area contributed by atoms with Crippen molar-refractivity contribution in [1.29, 1.82) is 0 Å². The van der Waals surface area contributed by atoms with Crippen LogP contribution in [0.25, 0.3) is 0 Å². The van der Waals surface area contributed by atoms with Crippen LogP contribution in [0.2, 0.25) is 0 Å². The van der Waals surface area contributed by atoms with E-state index >= 15 is 0 Å². The van der Waals surface area contributed by atoms with E-state index in [0.29, 0.717) is 18.5 Å². The molecule has 0 bridgehead atoms. The monoisotopic (exact) mass is 255 g/mol. The molecular formula is C13H25N3O2. The van der Waals surface area contributed by atoms with E-state index in [9.17, 15) is 4.79 Å². The van der Waals surface area contributed by atoms with Gasteiger partial charge in [-0.3, -0.25) is 9.69 Å². The number of nitrogens with one attached hydrogen (secondary N) is 2. The second-order valence-corrected chi connectivity index (χ2v) is 5.37. The van der Waals surface area contributed by atoms with Gasteiger partial charge in [0.15, 0.2) is 0 Å². The summed E-state index contributed by atoms with van der Waals surface area (Å²) in [5.41, 5.74) is 0. The summed E-state index contributed by atoms with van der Waals surface area (Å²) in [6.07, 6.45) is 2.82. The maximum Gasteiger partial charge on any atom is 0.221 e. The Morgan fingerprint density at radius 2 is 2.22 bits per heavy atom. The maximum absolute atomic E-state index is 11.4. The molecular weight excluding hydrogens is 230 g/mol. The molecule has 2 saturated heterocycles. The van der Waals surface area contributed by atoms with Gasteiger partial charge in [-0.25, -0.2) is 0 Å². The summed E-state index contributed by atoms with van der Waals surface area (Å²) >= 11 is 0. The van der Waals surface area contributed by atoms with Gasteiger partial charge in [0.05, 0.1) is 13.2 Å². The van der Waals surface area contributed by atoms with Gasteiger partial charge in [-0.15, -0.1) is 0 Å². The van der Waals surface area contributed by atoms with Gasteiger partial charge in [0.1, 0.15) is 0 Å². The third kappa shape index (κ3) is 4.55. The maximum atomic E-state index is 11.4. The molecule has 0 aromatic rings. The van der Waals surface area contributed by atoms with Crippen molar-refractivity contribution in [2.24, 2.45) is 0 Å². The Morgan fingerprint density at radius 3 is 2.94 bits per heavy atom. The molecule has 104 valence electrons. The number of nitrogens with zero attached hydrogens (tertiary/aromatic N) is 1. The SMILES string of the molecule is CC1CC(NCCCN2CCOCC2)CC(=O)N1. The molecule has 2 N–H and O–H groups in total. The lowest BCUT2D eigenvalue weighted by atomic mass is 10.00. The molecule has 2 aliphatic heterocycles. The molecule has 0 spiro atoms. The van der Waals surface area contributed by atoms with Gasteiger partial charge in [0.25, 0.3) is 0 Å². The smallest absolute Gasteiger partial charge is 0.221 e. The van der Waals surface area contributed by atoms with Crippen LogP contribution in [0, 0.1) is 0 Å². The van der Waals surface area contributed by atoms with Crippen molar-refractivity contribution in [3.05, 3.63) is 0 Å². The highest BCUT2D eigenvalue weighted by Gasteiger charge is 2.23. The predicted octanol–water partition coefficient (Wildman–Crippen LogP) is -0.0346. The van der Waals surface area contributed by atoms with E-state index in [4.69, 9.17) is 4.74 Å². The topological polar surface area (TPSA) is 53.6 Å². The Labute approximate surface area is 109 Å². The summed E-state index contributed by atoms with van der Waals surface area (Å²) in [5, 5.41) is 6.45. The number of carbonyl (C=O) groups is 1. The van der Waals surface area contributed by atoms with E-state index in [-0.39, 0.29) is 5.91 Å². The number of piperidine rings is 1. The zero-order valence-corrected chi connectivity index (χ0v) is 11.3. The van der Waals surface area contributed by atoms with Crippen molar-refractivity contribution in [1.82, 2.24) is 15.5 Å².